The van der Waals surface area contributed by atoms with Crippen LogP contribution in [0, 0.1) is 13.8 Å². The zero-order valence-corrected chi connectivity index (χ0v) is 13.0. The first-order valence-electron chi connectivity index (χ1n) is 6.53. The highest BCUT2D eigenvalue weighted by atomic mass is 32.1. The van der Waals surface area contributed by atoms with Crippen molar-refractivity contribution in [1.82, 2.24) is 4.98 Å². The van der Waals surface area contributed by atoms with E-state index in [1.54, 1.807) is 0 Å². The Kier molecular flexibility index (Phi) is 4.09. The Morgan fingerprint density at radius 1 is 1.30 bits per heavy atom. The number of carbonyl (C=O) groups is 1. The predicted molar refractivity (Wildman–Crippen MR) is 84.5 cm³/mol. The SMILES string of the molecule is Cc1ccc(C(=O)Nc2nc(C(C)C)c(N)s2)cc1C. The van der Waals surface area contributed by atoms with Gasteiger partial charge in [0, 0.05) is 5.56 Å². The van der Waals surface area contributed by atoms with Crippen molar-refractivity contribution >= 4 is 27.4 Å². The minimum absolute atomic E-state index is 0.155. The van der Waals surface area contributed by atoms with Gasteiger partial charge in [0.2, 0.25) is 0 Å². The number of aryl methyl sites for hydroxylation is 2. The summed E-state index contributed by atoms with van der Waals surface area (Å²) in [6.45, 7) is 8.07. The molecule has 0 aliphatic carbocycles. The summed E-state index contributed by atoms with van der Waals surface area (Å²) in [5, 5.41) is 4.02. The first kappa shape index (κ1) is 14.5. The zero-order chi connectivity index (χ0) is 14.9. The molecule has 4 nitrogen and oxygen atoms in total. The first-order chi connectivity index (χ1) is 9.38. The number of aromatic nitrogens is 1. The van der Waals surface area contributed by atoms with Crippen LogP contribution in [0.15, 0.2) is 18.2 Å². The third-order valence-corrected chi connectivity index (χ3v) is 4.03. The van der Waals surface area contributed by atoms with E-state index in [4.69, 9.17) is 5.73 Å². The van der Waals surface area contributed by atoms with Crippen LogP contribution in [0.4, 0.5) is 10.1 Å². The van der Waals surface area contributed by atoms with Crippen molar-refractivity contribution in [2.24, 2.45) is 0 Å². The smallest absolute Gasteiger partial charge is 0.257 e. The Morgan fingerprint density at radius 2 is 2.00 bits per heavy atom. The maximum Gasteiger partial charge on any atom is 0.257 e. The minimum atomic E-state index is -0.155. The van der Waals surface area contributed by atoms with Gasteiger partial charge in [0.05, 0.1) is 5.69 Å². The molecule has 3 N–H and O–H groups in total. The molecule has 0 bridgehead atoms. The summed E-state index contributed by atoms with van der Waals surface area (Å²) < 4.78 is 0. The predicted octanol–water partition coefficient (Wildman–Crippen LogP) is 3.72. The van der Waals surface area contributed by atoms with Crippen LogP contribution in [0.3, 0.4) is 0 Å². The van der Waals surface area contributed by atoms with Crippen molar-refractivity contribution in [2.75, 3.05) is 11.1 Å². The molecule has 0 saturated heterocycles. The van der Waals surface area contributed by atoms with Crippen molar-refractivity contribution in [1.29, 1.82) is 0 Å². The molecule has 5 heteroatoms. The van der Waals surface area contributed by atoms with Crippen molar-refractivity contribution in [3.8, 4) is 0 Å². The molecule has 1 aromatic carbocycles. The number of nitrogens with one attached hydrogen (secondary N) is 1. The molecule has 0 aliphatic rings. The second kappa shape index (κ2) is 5.63. The van der Waals surface area contributed by atoms with Gasteiger partial charge in [-0.25, -0.2) is 4.98 Å². The second-order valence-electron chi connectivity index (χ2n) is 5.18. The van der Waals surface area contributed by atoms with Crippen LogP contribution in [0.25, 0.3) is 0 Å². The number of anilines is 2. The molecule has 106 valence electrons. The van der Waals surface area contributed by atoms with Crippen LogP contribution in [0.5, 0.6) is 0 Å². The molecule has 0 aliphatic heterocycles. The average Bonchev–Trinajstić information content (AvgIpc) is 2.73. The van der Waals surface area contributed by atoms with Gasteiger partial charge in [0.15, 0.2) is 5.13 Å². The molecule has 1 heterocycles. The van der Waals surface area contributed by atoms with Gasteiger partial charge in [-0.3, -0.25) is 10.1 Å². The van der Waals surface area contributed by atoms with Gasteiger partial charge in [0.1, 0.15) is 5.00 Å². The highest BCUT2D eigenvalue weighted by Gasteiger charge is 2.14. The molecule has 2 rings (SSSR count). The van der Waals surface area contributed by atoms with Gasteiger partial charge < -0.3 is 5.73 Å². The number of thiazole rings is 1. The van der Waals surface area contributed by atoms with E-state index in [0.717, 1.165) is 11.3 Å². The number of carbonyl (C=O) groups excluding carboxylic acids is 1. The summed E-state index contributed by atoms with van der Waals surface area (Å²) in [6, 6.07) is 5.64. The first-order valence-corrected chi connectivity index (χ1v) is 7.35. The third-order valence-electron chi connectivity index (χ3n) is 3.22. The van der Waals surface area contributed by atoms with Gasteiger partial charge in [-0.2, -0.15) is 0 Å². The normalized spacial score (nSPS) is 10.8. The lowest BCUT2D eigenvalue weighted by Crippen LogP contribution is -2.12. The van der Waals surface area contributed by atoms with Crippen LogP contribution in [-0.2, 0) is 0 Å². The Balaban J connectivity index is 2.19. The molecule has 2 aromatic rings. The Labute approximate surface area is 123 Å². The number of nitrogens with two attached hydrogens (primary N) is 1. The number of nitrogens with zero attached hydrogens (tertiary/aromatic N) is 1. The summed E-state index contributed by atoms with van der Waals surface area (Å²) in [6.07, 6.45) is 0. The molecule has 0 unspecified atom stereocenters. The average molecular weight is 289 g/mol. The molecule has 1 aromatic heterocycles. The second-order valence-corrected chi connectivity index (χ2v) is 6.21. The van der Waals surface area contributed by atoms with Crippen molar-refractivity contribution in [2.45, 2.75) is 33.6 Å². The van der Waals surface area contributed by atoms with Gasteiger partial charge in [-0.1, -0.05) is 31.3 Å². The van der Waals surface area contributed by atoms with Crippen LogP contribution < -0.4 is 11.1 Å². The number of hydrogen-bond acceptors (Lipinski definition) is 4. The Morgan fingerprint density at radius 3 is 2.55 bits per heavy atom. The lowest BCUT2D eigenvalue weighted by Gasteiger charge is -2.05. The van der Waals surface area contributed by atoms with Crippen LogP contribution in [-0.4, -0.2) is 10.9 Å². The molecule has 20 heavy (non-hydrogen) atoms. The van der Waals surface area contributed by atoms with Crippen LogP contribution in [0.1, 0.15) is 46.9 Å². The zero-order valence-electron chi connectivity index (χ0n) is 12.2. The number of rotatable bonds is 3. The van der Waals surface area contributed by atoms with Crippen molar-refractivity contribution < 1.29 is 4.79 Å². The fraction of sp³-hybridized carbons (Fsp3) is 0.333. The third kappa shape index (κ3) is 2.99. The number of benzene rings is 1. The Bertz CT molecular complexity index is 647. The molecular formula is C15H19N3OS. The minimum Gasteiger partial charge on any atom is -0.389 e. The maximum absolute atomic E-state index is 12.2. The van der Waals surface area contributed by atoms with E-state index in [9.17, 15) is 4.79 Å². The number of hydrogen-bond donors (Lipinski definition) is 2. The lowest BCUT2D eigenvalue weighted by atomic mass is 10.1. The Hall–Kier alpha value is -1.88. The quantitative estimate of drug-likeness (QED) is 0.905. The van der Waals surface area contributed by atoms with E-state index < -0.39 is 0 Å². The van der Waals surface area contributed by atoms with Crippen LogP contribution in [0.2, 0.25) is 0 Å². The van der Waals surface area contributed by atoms with E-state index in [1.807, 2.05) is 45.9 Å². The van der Waals surface area contributed by atoms with E-state index >= 15 is 0 Å². The largest absolute Gasteiger partial charge is 0.389 e. The van der Waals surface area contributed by atoms with Gasteiger partial charge in [-0.15, -0.1) is 0 Å². The summed E-state index contributed by atoms with van der Waals surface area (Å²) in [4.78, 5) is 16.6. The number of nitrogen functional groups attached to an aromatic ring is 1. The van der Waals surface area contributed by atoms with E-state index in [0.29, 0.717) is 15.7 Å². The molecule has 0 fully saturated rings. The maximum atomic E-state index is 12.2. The molecule has 0 radical (unpaired) electrons. The summed E-state index contributed by atoms with van der Waals surface area (Å²) in [5.41, 5.74) is 9.64. The summed E-state index contributed by atoms with van der Waals surface area (Å²) in [5.74, 6) is 0.0932. The van der Waals surface area contributed by atoms with E-state index in [-0.39, 0.29) is 11.8 Å². The topological polar surface area (TPSA) is 68.0 Å². The van der Waals surface area contributed by atoms with Crippen LogP contribution >= 0.6 is 11.3 Å². The van der Waals surface area contributed by atoms with Gasteiger partial charge in [-0.05, 0) is 43.0 Å². The molecular weight excluding hydrogens is 270 g/mol. The van der Waals surface area contributed by atoms with E-state index in [2.05, 4.69) is 10.3 Å². The lowest BCUT2D eigenvalue weighted by molar-refractivity contribution is 0.102. The fourth-order valence-corrected chi connectivity index (χ4v) is 2.74. The molecule has 0 saturated carbocycles. The van der Waals surface area contributed by atoms with Gasteiger partial charge in [0.25, 0.3) is 5.91 Å². The summed E-state index contributed by atoms with van der Waals surface area (Å²) in [7, 11) is 0. The highest BCUT2D eigenvalue weighted by molar-refractivity contribution is 7.19. The highest BCUT2D eigenvalue weighted by Crippen LogP contribution is 2.30. The molecule has 1 amide bonds. The van der Waals surface area contributed by atoms with Crippen molar-refractivity contribution in [3.05, 3.63) is 40.6 Å². The van der Waals surface area contributed by atoms with Gasteiger partial charge >= 0.3 is 0 Å². The molecule has 0 atom stereocenters. The fourth-order valence-electron chi connectivity index (χ4n) is 1.86. The summed E-state index contributed by atoms with van der Waals surface area (Å²) >= 11 is 1.31. The van der Waals surface area contributed by atoms with Crippen molar-refractivity contribution in [3.63, 3.8) is 0 Å². The van der Waals surface area contributed by atoms with E-state index in [1.165, 1.54) is 16.9 Å². The monoisotopic (exact) mass is 289 g/mol. The molecule has 0 spiro atoms. The number of amides is 1. The standard InChI is InChI=1S/C15H19N3OS/c1-8(2)12-13(16)20-15(17-12)18-14(19)11-6-5-9(3)10(4)7-11/h5-8H,16H2,1-4H3,(H,17,18,19).